The minimum Gasteiger partial charge on any atom is -0.392 e. The molecule has 2 aromatic rings. The molecule has 1 heterocycles. The Hall–Kier alpha value is -1.46. The second kappa shape index (κ2) is 5.25. The second-order valence-electron chi connectivity index (χ2n) is 3.46. The molecule has 0 aliphatic carbocycles. The zero-order valence-corrected chi connectivity index (χ0v) is 10.0. The fourth-order valence-corrected chi connectivity index (χ4v) is 2.29. The predicted molar refractivity (Wildman–Crippen MR) is 63.2 cm³/mol. The van der Waals surface area contributed by atoms with E-state index in [1.54, 1.807) is 24.4 Å². The molecule has 0 atom stereocenters. The molecule has 0 aliphatic rings. The first kappa shape index (κ1) is 12.0. The lowest BCUT2D eigenvalue weighted by Gasteiger charge is -2.06. The van der Waals surface area contributed by atoms with Crippen LogP contribution in [0.3, 0.4) is 0 Å². The molecule has 0 saturated heterocycles. The number of aryl methyl sites for hydroxylation is 1. The van der Waals surface area contributed by atoms with Crippen LogP contribution in [0.15, 0.2) is 40.5 Å². The van der Waals surface area contributed by atoms with Gasteiger partial charge < -0.3 is 5.11 Å². The van der Waals surface area contributed by atoms with Crippen molar-refractivity contribution in [1.82, 2.24) is 9.97 Å². The van der Waals surface area contributed by atoms with Crippen LogP contribution in [0.1, 0.15) is 11.3 Å². The van der Waals surface area contributed by atoms with Crippen LogP contribution in [-0.4, -0.2) is 15.1 Å². The van der Waals surface area contributed by atoms with Crippen molar-refractivity contribution in [1.29, 1.82) is 0 Å². The molecule has 0 aliphatic heterocycles. The first-order chi connectivity index (χ1) is 8.20. The van der Waals surface area contributed by atoms with Gasteiger partial charge in [0.05, 0.1) is 6.61 Å². The van der Waals surface area contributed by atoms with Crippen molar-refractivity contribution in [3.05, 3.63) is 47.5 Å². The maximum Gasteiger partial charge on any atom is 0.192 e. The maximum atomic E-state index is 13.4. The molecular weight excluding hydrogens is 239 g/mol. The molecule has 5 heteroatoms. The Morgan fingerprint density at radius 2 is 2.18 bits per heavy atom. The summed E-state index contributed by atoms with van der Waals surface area (Å²) >= 11 is 1.24. The fourth-order valence-electron chi connectivity index (χ4n) is 1.36. The number of hydrogen-bond donors (Lipinski definition) is 1. The van der Waals surface area contributed by atoms with E-state index < -0.39 is 5.82 Å². The lowest BCUT2D eigenvalue weighted by Crippen LogP contribution is -1.94. The molecule has 3 nitrogen and oxygen atoms in total. The number of aliphatic hydroxyl groups is 1. The molecule has 88 valence electrons. The van der Waals surface area contributed by atoms with Crippen molar-refractivity contribution in [3.8, 4) is 0 Å². The molecule has 0 unspecified atom stereocenters. The quantitative estimate of drug-likeness (QED) is 0.850. The van der Waals surface area contributed by atoms with E-state index in [1.807, 2.05) is 6.92 Å². The average Bonchev–Trinajstić information content (AvgIpc) is 2.29. The van der Waals surface area contributed by atoms with Crippen molar-refractivity contribution in [3.63, 3.8) is 0 Å². The SMILES string of the molecule is Cc1ccnc(Sc2cccc(F)c2CO)n1. The van der Waals surface area contributed by atoms with Gasteiger partial charge in [0.15, 0.2) is 5.16 Å². The average molecular weight is 250 g/mol. The Balaban J connectivity index is 2.33. The normalized spacial score (nSPS) is 10.5. The summed E-state index contributed by atoms with van der Waals surface area (Å²) in [5.41, 5.74) is 1.13. The lowest BCUT2D eigenvalue weighted by molar-refractivity contribution is 0.272. The van der Waals surface area contributed by atoms with E-state index in [4.69, 9.17) is 5.11 Å². The summed E-state index contributed by atoms with van der Waals surface area (Å²) in [5, 5.41) is 9.68. The summed E-state index contributed by atoms with van der Waals surface area (Å²) in [6.45, 7) is 1.53. The van der Waals surface area contributed by atoms with Crippen LogP contribution in [0.2, 0.25) is 0 Å². The van der Waals surface area contributed by atoms with Crippen LogP contribution in [0, 0.1) is 12.7 Å². The van der Waals surface area contributed by atoms with Gasteiger partial charge in [-0.1, -0.05) is 6.07 Å². The number of aromatic nitrogens is 2. The van der Waals surface area contributed by atoms with Crippen LogP contribution in [0.4, 0.5) is 4.39 Å². The number of benzene rings is 1. The zero-order valence-electron chi connectivity index (χ0n) is 9.22. The Labute approximate surface area is 103 Å². The van der Waals surface area contributed by atoms with Crippen LogP contribution in [-0.2, 0) is 6.61 Å². The summed E-state index contributed by atoms with van der Waals surface area (Å²) in [6.07, 6.45) is 1.66. The van der Waals surface area contributed by atoms with Crippen molar-refractivity contribution < 1.29 is 9.50 Å². The van der Waals surface area contributed by atoms with Gasteiger partial charge in [0.2, 0.25) is 0 Å². The second-order valence-corrected chi connectivity index (χ2v) is 4.47. The molecule has 1 N–H and O–H groups in total. The van der Waals surface area contributed by atoms with Crippen molar-refractivity contribution in [2.24, 2.45) is 0 Å². The summed E-state index contributed by atoms with van der Waals surface area (Å²) in [6, 6.07) is 6.47. The molecule has 2 rings (SSSR count). The number of nitrogens with zero attached hydrogens (tertiary/aromatic N) is 2. The molecule has 0 bridgehead atoms. The fraction of sp³-hybridized carbons (Fsp3) is 0.167. The van der Waals surface area contributed by atoms with E-state index in [-0.39, 0.29) is 12.2 Å². The van der Waals surface area contributed by atoms with Crippen molar-refractivity contribution in [2.45, 2.75) is 23.6 Å². The molecule has 17 heavy (non-hydrogen) atoms. The third-order valence-electron chi connectivity index (χ3n) is 2.21. The number of halogens is 1. The summed E-state index contributed by atoms with van der Waals surface area (Å²) in [4.78, 5) is 8.95. The van der Waals surface area contributed by atoms with Gasteiger partial charge in [0.25, 0.3) is 0 Å². The highest BCUT2D eigenvalue weighted by atomic mass is 32.2. The smallest absolute Gasteiger partial charge is 0.192 e. The van der Waals surface area contributed by atoms with E-state index in [9.17, 15) is 4.39 Å². The van der Waals surface area contributed by atoms with Gasteiger partial charge in [-0.25, -0.2) is 14.4 Å². The van der Waals surface area contributed by atoms with Crippen LogP contribution < -0.4 is 0 Å². The number of rotatable bonds is 3. The molecule has 1 aromatic carbocycles. The van der Waals surface area contributed by atoms with Gasteiger partial charge >= 0.3 is 0 Å². The summed E-state index contributed by atoms with van der Waals surface area (Å²) < 4.78 is 13.4. The molecular formula is C12H11FN2OS. The molecule has 0 saturated carbocycles. The minimum absolute atomic E-state index is 0.280. The first-order valence-corrected chi connectivity index (χ1v) is 5.88. The van der Waals surface area contributed by atoms with Crippen molar-refractivity contribution >= 4 is 11.8 Å². The van der Waals surface area contributed by atoms with Gasteiger partial charge in [-0.05, 0) is 36.9 Å². The lowest BCUT2D eigenvalue weighted by atomic mass is 10.2. The zero-order chi connectivity index (χ0) is 12.3. The van der Waals surface area contributed by atoms with Crippen molar-refractivity contribution in [2.75, 3.05) is 0 Å². The summed E-state index contributed by atoms with van der Waals surface area (Å²) in [5.74, 6) is -0.412. The van der Waals surface area contributed by atoms with Crippen LogP contribution in [0.25, 0.3) is 0 Å². The summed E-state index contributed by atoms with van der Waals surface area (Å²) in [7, 11) is 0. The van der Waals surface area contributed by atoms with Gasteiger partial charge in [-0.2, -0.15) is 0 Å². The maximum absolute atomic E-state index is 13.4. The molecule has 0 spiro atoms. The standard InChI is InChI=1S/C12H11FN2OS/c1-8-5-6-14-12(15-8)17-11-4-2-3-10(13)9(11)7-16/h2-6,16H,7H2,1H3. The monoisotopic (exact) mass is 250 g/mol. The third kappa shape index (κ3) is 2.81. The molecule has 0 amide bonds. The molecule has 0 fully saturated rings. The van der Waals surface area contributed by atoms with Gasteiger partial charge in [-0.3, -0.25) is 0 Å². The van der Waals surface area contributed by atoms with E-state index in [2.05, 4.69) is 9.97 Å². The first-order valence-electron chi connectivity index (χ1n) is 5.06. The van der Waals surface area contributed by atoms with E-state index in [0.29, 0.717) is 10.1 Å². The largest absolute Gasteiger partial charge is 0.392 e. The van der Waals surface area contributed by atoms with E-state index >= 15 is 0 Å². The molecule has 1 aromatic heterocycles. The van der Waals surface area contributed by atoms with Gasteiger partial charge in [-0.15, -0.1) is 0 Å². The van der Waals surface area contributed by atoms with E-state index in [1.165, 1.54) is 17.8 Å². The highest BCUT2D eigenvalue weighted by molar-refractivity contribution is 7.99. The Kier molecular flexibility index (Phi) is 3.71. The number of hydrogen-bond acceptors (Lipinski definition) is 4. The highest BCUT2D eigenvalue weighted by Gasteiger charge is 2.09. The topological polar surface area (TPSA) is 46.0 Å². The van der Waals surface area contributed by atoms with Crippen LogP contribution in [0.5, 0.6) is 0 Å². The van der Waals surface area contributed by atoms with Gasteiger partial charge in [0.1, 0.15) is 5.82 Å². The Bertz CT molecular complexity index is 534. The van der Waals surface area contributed by atoms with Gasteiger partial charge in [0, 0.05) is 22.3 Å². The predicted octanol–water partition coefficient (Wildman–Crippen LogP) is 2.57. The highest BCUT2D eigenvalue weighted by Crippen LogP contribution is 2.29. The van der Waals surface area contributed by atoms with Crippen LogP contribution >= 0.6 is 11.8 Å². The number of aliphatic hydroxyl groups excluding tert-OH is 1. The minimum atomic E-state index is -0.412. The third-order valence-corrected chi connectivity index (χ3v) is 3.19. The Morgan fingerprint density at radius 3 is 2.88 bits per heavy atom. The Morgan fingerprint density at radius 1 is 1.35 bits per heavy atom. The molecule has 0 radical (unpaired) electrons. The van der Waals surface area contributed by atoms with E-state index in [0.717, 1.165) is 5.69 Å².